The average molecular weight is 290 g/mol. The van der Waals surface area contributed by atoms with Crippen molar-refractivity contribution in [2.75, 3.05) is 0 Å². The fourth-order valence-corrected chi connectivity index (χ4v) is 2.75. The average Bonchev–Trinajstić information content (AvgIpc) is 2.92. The molecule has 0 aliphatic rings. The van der Waals surface area contributed by atoms with Crippen molar-refractivity contribution in [2.24, 2.45) is 0 Å². The Balaban J connectivity index is 1.97. The summed E-state index contributed by atoms with van der Waals surface area (Å²) >= 11 is 1.68. The quantitative estimate of drug-likeness (QED) is 0.859. The van der Waals surface area contributed by atoms with Crippen LogP contribution >= 0.6 is 11.3 Å². The third-order valence-electron chi connectivity index (χ3n) is 3.07. The van der Waals surface area contributed by atoms with Gasteiger partial charge in [-0.05, 0) is 45.4 Å². The van der Waals surface area contributed by atoms with Gasteiger partial charge in [-0.1, -0.05) is 12.1 Å². The van der Waals surface area contributed by atoms with Crippen molar-refractivity contribution in [1.29, 1.82) is 0 Å². The van der Waals surface area contributed by atoms with Crippen LogP contribution < -0.4 is 10.1 Å². The van der Waals surface area contributed by atoms with Gasteiger partial charge in [0.05, 0.1) is 12.1 Å². The van der Waals surface area contributed by atoms with Gasteiger partial charge < -0.3 is 10.1 Å². The minimum atomic E-state index is 0.210. The predicted molar refractivity (Wildman–Crippen MR) is 84.3 cm³/mol. The first-order valence-electron chi connectivity index (χ1n) is 6.98. The molecule has 0 bridgehead atoms. The van der Waals surface area contributed by atoms with E-state index < -0.39 is 0 Å². The van der Waals surface area contributed by atoms with E-state index in [1.54, 1.807) is 11.3 Å². The standard InChI is InChI=1S/C16H22N2OS/c1-11(2)19-15-7-5-14(6-8-15)12(3)18-13(4)16-17-9-10-20-16/h5-13,18H,1-4H3. The first-order valence-corrected chi connectivity index (χ1v) is 7.86. The van der Waals surface area contributed by atoms with Gasteiger partial charge >= 0.3 is 0 Å². The Labute approximate surface area is 125 Å². The molecule has 0 saturated heterocycles. The third-order valence-corrected chi connectivity index (χ3v) is 4.03. The second-order valence-corrected chi connectivity index (χ2v) is 6.14. The van der Waals surface area contributed by atoms with Crippen LogP contribution in [0.25, 0.3) is 0 Å². The molecule has 0 spiro atoms. The summed E-state index contributed by atoms with van der Waals surface area (Å²) in [7, 11) is 0. The van der Waals surface area contributed by atoms with E-state index in [2.05, 4.69) is 36.3 Å². The molecular weight excluding hydrogens is 268 g/mol. The molecule has 2 aromatic rings. The first-order chi connectivity index (χ1) is 9.56. The van der Waals surface area contributed by atoms with Crippen molar-refractivity contribution < 1.29 is 4.74 Å². The lowest BCUT2D eigenvalue weighted by molar-refractivity contribution is 0.242. The molecule has 2 atom stereocenters. The van der Waals surface area contributed by atoms with Gasteiger partial charge in [-0.15, -0.1) is 11.3 Å². The highest BCUT2D eigenvalue weighted by Gasteiger charge is 2.13. The van der Waals surface area contributed by atoms with Crippen molar-refractivity contribution >= 4 is 11.3 Å². The molecule has 108 valence electrons. The second kappa shape index (κ2) is 6.86. The Kier molecular flexibility index (Phi) is 5.15. The maximum atomic E-state index is 5.66. The molecule has 2 unspecified atom stereocenters. The molecule has 4 heteroatoms. The number of nitrogens with one attached hydrogen (secondary N) is 1. The molecule has 20 heavy (non-hydrogen) atoms. The number of aromatic nitrogens is 1. The van der Waals surface area contributed by atoms with Crippen LogP contribution in [0.2, 0.25) is 0 Å². The third kappa shape index (κ3) is 4.05. The van der Waals surface area contributed by atoms with Gasteiger partial charge in [-0.25, -0.2) is 4.98 Å². The SMILES string of the molecule is CC(C)Oc1ccc(C(C)NC(C)c2nccs2)cc1. The number of rotatable bonds is 6. The normalized spacial score (nSPS) is 14.2. The summed E-state index contributed by atoms with van der Waals surface area (Å²) in [6, 6.07) is 8.83. The molecular formula is C16H22N2OS. The molecule has 1 N–H and O–H groups in total. The van der Waals surface area contributed by atoms with Crippen LogP contribution in [0.4, 0.5) is 0 Å². The fraction of sp³-hybridized carbons (Fsp3) is 0.438. The van der Waals surface area contributed by atoms with Crippen LogP contribution in [0.15, 0.2) is 35.8 Å². The van der Waals surface area contributed by atoms with Gasteiger partial charge in [0.1, 0.15) is 10.8 Å². The molecule has 0 radical (unpaired) electrons. The smallest absolute Gasteiger partial charge is 0.119 e. The molecule has 1 aromatic heterocycles. The van der Waals surface area contributed by atoms with Gasteiger partial charge in [-0.2, -0.15) is 0 Å². The predicted octanol–water partition coefficient (Wildman–Crippen LogP) is 4.34. The minimum Gasteiger partial charge on any atom is -0.491 e. The summed E-state index contributed by atoms with van der Waals surface area (Å²) < 4.78 is 5.66. The Hall–Kier alpha value is -1.39. The van der Waals surface area contributed by atoms with Crippen LogP contribution in [0.1, 0.15) is 50.3 Å². The van der Waals surface area contributed by atoms with Crippen LogP contribution in [-0.4, -0.2) is 11.1 Å². The molecule has 0 aliphatic carbocycles. The number of ether oxygens (including phenoxy) is 1. The van der Waals surface area contributed by atoms with Gasteiger partial charge in [0, 0.05) is 17.6 Å². The molecule has 0 aliphatic heterocycles. The lowest BCUT2D eigenvalue weighted by atomic mass is 10.1. The zero-order chi connectivity index (χ0) is 14.5. The summed E-state index contributed by atoms with van der Waals surface area (Å²) in [6.07, 6.45) is 2.06. The van der Waals surface area contributed by atoms with Crippen molar-refractivity contribution in [2.45, 2.75) is 45.9 Å². The van der Waals surface area contributed by atoms with E-state index in [9.17, 15) is 0 Å². The molecule has 0 amide bonds. The molecule has 0 saturated carbocycles. The largest absolute Gasteiger partial charge is 0.491 e. The molecule has 2 rings (SSSR count). The van der Waals surface area contributed by atoms with Crippen LogP contribution in [-0.2, 0) is 0 Å². The van der Waals surface area contributed by atoms with Crippen molar-refractivity contribution in [3.05, 3.63) is 46.4 Å². The molecule has 3 nitrogen and oxygen atoms in total. The van der Waals surface area contributed by atoms with Crippen LogP contribution in [0, 0.1) is 0 Å². The number of thiazole rings is 1. The summed E-state index contributed by atoms with van der Waals surface area (Å²) in [5, 5.41) is 6.70. The molecule has 0 fully saturated rings. The van der Waals surface area contributed by atoms with Crippen molar-refractivity contribution in [3.63, 3.8) is 0 Å². The van der Waals surface area contributed by atoms with E-state index in [1.807, 2.05) is 37.6 Å². The van der Waals surface area contributed by atoms with E-state index in [0.29, 0.717) is 0 Å². The Bertz CT molecular complexity index is 508. The maximum absolute atomic E-state index is 5.66. The van der Waals surface area contributed by atoms with Crippen LogP contribution in [0.5, 0.6) is 5.75 Å². The lowest BCUT2D eigenvalue weighted by Crippen LogP contribution is -2.22. The van der Waals surface area contributed by atoms with Gasteiger partial charge in [0.25, 0.3) is 0 Å². The van der Waals surface area contributed by atoms with Crippen LogP contribution in [0.3, 0.4) is 0 Å². The Morgan fingerprint density at radius 2 is 1.75 bits per heavy atom. The zero-order valence-corrected chi connectivity index (χ0v) is 13.3. The van der Waals surface area contributed by atoms with Gasteiger partial charge in [0.15, 0.2) is 0 Å². The maximum Gasteiger partial charge on any atom is 0.119 e. The van der Waals surface area contributed by atoms with Gasteiger partial charge in [-0.3, -0.25) is 0 Å². The number of nitrogens with zero attached hydrogens (tertiary/aromatic N) is 1. The van der Waals surface area contributed by atoms with E-state index in [1.165, 1.54) is 5.56 Å². The Morgan fingerprint density at radius 3 is 2.30 bits per heavy atom. The Morgan fingerprint density at radius 1 is 1.05 bits per heavy atom. The van der Waals surface area contributed by atoms with E-state index in [-0.39, 0.29) is 18.2 Å². The van der Waals surface area contributed by atoms with E-state index >= 15 is 0 Å². The van der Waals surface area contributed by atoms with Crippen molar-refractivity contribution in [3.8, 4) is 5.75 Å². The number of hydrogen-bond acceptors (Lipinski definition) is 4. The number of hydrogen-bond donors (Lipinski definition) is 1. The van der Waals surface area contributed by atoms with Gasteiger partial charge in [0.2, 0.25) is 0 Å². The lowest BCUT2D eigenvalue weighted by Gasteiger charge is -2.19. The zero-order valence-electron chi connectivity index (χ0n) is 12.5. The monoisotopic (exact) mass is 290 g/mol. The van der Waals surface area contributed by atoms with E-state index in [0.717, 1.165) is 10.8 Å². The summed E-state index contributed by atoms with van der Waals surface area (Å²) in [6.45, 7) is 8.38. The highest BCUT2D eigenvalue weighted by atomic mass is 32.1. The second-order valence-electron chi connectivity index (χ2n) is 5.22. The molecule has 1 heterocycles. The van der Waals surface area contributed by atoms with E-state index in [4.69, 9.17) is 4.74 Å². The first kappa shape index (κ1) is 15.0. The number of benzene rings is 1. The topological polar surface area (TPSA) is 34.1 Å². The van der Waals surface area contributed by atoms with Crippen molar-refractivity contribution in [1.82, 2.24) is 10.3 Å². The minimum absolute atomic E-state index is 0.210. The summed E-state index contributed by atoms with van der Waals surface area (Å²) in [5.41, 5.74) is 1.25. The summed E-state index contributed by atoms with van der Waals surface area (Å²) in [4.78, 5) is 4.35. The summed E-state index contributed by atoms with van der Waals surface area (Å²) in [5.74, 6) is 0.920. The fourth-order valence-electron chi connectivity index (χ4n) is 2.10. The molecule has 1 aromatic carbocycles. The highest BCUT2D eigenvalue weighted by Crippen LogP contribution is 2.22. The highest BCUT2D eigenvalue weighted by molar-refractivity contribution is 7.09.